The van der Waals surface area contributed by atoms with Crippen LogP contribution in [0.25, 0.3) is 0 Å². The molecule has 0 N–H and O–H groups in total. The first-order valence-corrected chi connectivity index (χ1v) is 5.94. The van der Waals surface area contributed by atoms with Gasteiger partial charge in [-0.15, -0.1) is 0 Å². The van der Waals surface area contributed by atoms with Crippen molar-refractivity contribution in [3.05, 3.63) is 59.2 Å². The molecule has 1 aliphatic rings. The average molecular weight is 212 g/mol. The van der Waals surface area contributed by atoms with Gasteiger partial charge in [0.1, 0.15) is 0 Å². The maximum absolute atomic E-state index is 2.33. The SMILES string of the molecule is Cc1ccc(C)c(C(C)(C)C2C=CC=C2)c1. The van der Waals surface area contributed by atoms with Crippen molar-refractivity contribution in [2.45, 2.75) is 33.1 Å². The molecule has 0 saturated carbocycles. The van der Waals surface area contributed by atoms with Crippen LogP contribution in [0.1, 0.15) is 30.5 Å². The molecule has 0 radical (unpaired) electrons. The highest BCUT2D eigenvalue weighted by Gasteiger charge is 2.30. The van der Waals surface area contributed by atoms with E-state index < -0.39 is 0 Å². The fourth-order valence-electron chi connectivity index (χ4n) is 2.52. The van der Waals surface area contributed by atoms with E-state index in [0.717, 1.165) is 0 Å². The molecule has 0 spiro atoms. The van der Waals surface area contributed by atoms with Gasteiger partial charge in [-0.25, -0.2) is 0 Å². The Morgan fingerprint density at radius 2 is 1.62 bits per heavy atom. The number of allylic oxidation sites excluding steroid dienone is 4. The van der Waals surface area contributed by atoms with Crippen LogP contribution < -0.4 is 0 Å². The Balaban J connectivity index is 2.45. The van der Waals surface area contributed by atoms with Crippen LogP contribution in [-0.2, 0) is 5.41 Å². The van der Waals surface area contributed by atoms with E-state index in [2.05, 4.69) is 70.2 Å². The summed E-state index contributed by atoms with van der Waals surface area (Å²) in [6, 6.07) is 6.75. The second-order valence-corrected chi connectivity index (χ2v) is 5.34. The molecule has 1 aromatic carbocycles. The zero-order chi connectivity index (χ0) is 11.8. The average Bonchev–Trinajstić information content (AvgIpc) is 2.75. The Morgan fingerprint density at radius 1 is 1.00 bits per heavy atom. The monoisotopic (exact) mass is 212 g/mol. The van der Waals surface area contributed by atoms with Crippen molar-refractivity contribution in [1.29, 1.82) is 0 Å². The van der Waals surface area contributed by atoms with E-state index in [1.807, 2.05) is 0 Å². The van der Waals surface area contributed by atoms with Crippen LogP contribution in [0.15, 0.2) is 42.5 Å². The van der Waals surface area contributed by atoms with Gasteiger partial charge in [0.05, 0.1) is 0 Å². The van der Waals surface area contributed by atoms with Crippen molar-refractivity contribution in [2.24, 2.45) is 5.92 Å². The Labute approximate surface area is 98.7 Å². The van der Waals surface area contributed by atoms with E-state index in [1.165, 1.54) is 16.7 Å². The van der Waals surface area contributed by atoms with E-state index >= 15 is 0 Å². The lowest BCUT2D eigenvalue weighted by Gasteiger charge is -2.32. The third-order valence-electron chi connectivity index (χ3n) is 3.67. The second kappa shape index (κ2) is 3.93. The summed E-state index contributed by atoms with van der Waals surface area (Å²) in [5.41, 5.74) is 4.39. The molecule has 0 atom stereocenters. The van der Waals surface area contributed by atoms with Crippen molar-refractivity contribution in [3.8, 4) is 0 Å². The van der Waals surface area contributed by atoms with Gasteiger partial charge in [-0.3, -0.25) is 0 Å². The van der Waals surface area contributed by atoms with Gasteiger partial charge in [0.25, 0.3) is 0 Å². The minimum absolute atomic E-state index is 0.180. The lowest BCUT2D eigenvalue weighted by molar-refractivity contribution is 0.445. The number of hydrogen-bond donors (Lipinski definition) is 0. The fourth-order valence-corrected chi connectivity index (χ4v) is 2.52. The predicted octanol–water partition coefficient (Wildman–Crippen LogP) is 4.32. The number of benzene rings is 1. The first-order chi connectivity index (χ1) is 7.51. The summed E-state index contributed by atoms with van der Waals surface area (Å²) in [6.07, 6.45) is 8.89. The van der Waals surface area contributed by atoms with E-state index in [9.17, 15) is 0 Å². The van der Waals surface area contributed by atoms with E-state index in [-0.39, 0.29) is 5.41 Å². The van der Waals surface area contributed by atoms with Crippen molar-refractivity contribution >= 4 is 0 Å². The number of hydrogen-bond acceptors (Lipinski definition) is 0. The Kier molecular flexibility index (Phi) is 2.75. The highest BCUT2D eigenvalue weighted by atomic mass is 14.3. The molecule has 1 aliphatic carbocycles. The van der Waals surface area contributed by atoms with Gasteiger partial charge < -0.3 is 0 Å². The molecule has 0 aliphatic heterocycles. The minimum Gasteiger partial charge on any atom is -0.0768 e. The maximum Gasteiger partial charge on any atom is 0.00446 e. The summed E-state index contributed by atoms with van der Waals surface area (Å²) in [5.74, 6) is 0.521. The number of rotatable bonds is 2. The van der Waals surface area contributed by atoms with Gasteiger partial charge in [0.2, 0.25) is 0 Å². The summed E-state index contributed by atoms with van der Waals surface area (Å²) in [6.45, 7) is 9.04. The third-order valence-corrected chi connectivity index (χ3v) is 3.67. The molecule has 0 heterocycles. The first kappa shape index (κ1) is 11.2. The molecule has 84 valence electrons. The van der Waals surface area contributed by atoms with Crippen LogP contribution in [0.2, 0.25) is 0 Å². The van der Waals surface area contributed by atoms with Crippen LogP contribution in [0.4, 0.5) is 0 Å². The second-order valence-electron chi connectivity index (χ2n) is 5.34. The first-order valence-electron chi connectivity index (χ1n) is 5.94. The molecule has 0 amide bonds. The van der Waals surface area contributed by atoms with E-state index in [4.69, 9.17) is 0 Å². The van der Waals surface area contributed by atoms with Crippen molar-refractivity contribution in [2.75, 3.05) is 0 Å². The van der Waals surface area contributed by atoms with Crippen molar-refractivity contribution in [1.82, 2.24) is 0 Å². The minimum atomic E-state index is 0.180. The summed E-state index contributed by atoms with van der Waals surface area (Å²) in [7, 11) is 0. The molecule has 1 aromatic rings. The van der Waals surface area contributed by atoms with E-state index in [1.54, 1.807) is 0 Å². The number of aryl methyl sites for hydroxylation is 2. The van der Waals surface area contributed by atoms with Crippen LogP contribution in [0.5, 0.6) is 0 Å². The molecular weight excluding hydrogens is 192 g/mol. The van der Waals surface area contributed by atoms with Gasteiger partial charge in [-0.05, 0) is 30.4 Å². The van der Waals surface area contributed by atoms with Crippen molar-refractivity contribution in [3.63, 3.8) is 0 Å². The van der Waals surface area contributed by atoms with Gasteiger partial charge in [0, 0.05) is 5.92 Å². The summed E-state index contributed by atoms with van der Waals surface area (Å²) >= 11 is 0. The molecule has 0 aromatic heterocycles. The smallest absolute Gasteiger partial charge is 0.00446 e. The molecule has 0 unspecified atom stereocenters. The maximum atomic E-state index is 2.33. The van der Waals surface area contributed by atoms with Crippen LogP contribution in [0, 0.1) is 19.8 Å². The topological polar surface area (TPSA) is 0 Å². The van der Waals surface area contributed by atoms with Gasteiger partial charge in [-0.1, -0.05) is 61.9 Å². The normalized spacial score (nSPS) is 16.0. The molecule has 0 nitrogen and oxygen atoms in total. The molecule has 0 fully saturated rings. The third kappa shape index (κ3) is 1.84. The molecule has 0 bridgehead atoms. The summed E-state index contributed by atoms with van der Waals surface area (Å²) < 4.78 is 0. The lowest BCUT2D eigenvalue weighted by Crippen LogP contribution is -2.26. The van der Waals surface area contributed by atoms with E-state index in [0.29, 0.717) is 5.92 Å². The zero-order valence-electron chi connectivity index (χ0n) is 10.6. The Bertz CT molecular complexity index is 435. The quantitative estimate of drug-likeness (QED) is 0.684. The molecule has 16 heavy (non-hydrogen) atoms. The molecule has 0 heteroatoms. The predicted molar refractivity (Wildman–Crippen MR) is 70.7 cm³/mol. The largest absolute Gasteiger partial charge is 0.0768 e. The van der Waals surface area contributed by atoms with Crippen molar-refractivity contribution < 1.29 is 0 Å². The fraction of sp³-hybridized carbons (Fsp3) is 0.375. The van der Waals surface area contributed by atoms with Gasteiger partial charge >= 0.3 is 0 Å². The highest BCUT2D eigenvalue weighted by Crippen LogP contribution is 2.37. The van der Waals surface area contributed by atoms with Crippen LogP contribution >= 0.6 is 0 Å². The lowest BCUT2D eigenvalue weighted by atomic mass is 9.72. The van der Waals surface area contributed by atoms with Gasteiger partial charge in [0.15, 0.2) is 0 Å². The molecule has 0 saturated heterocycles. The zero-order valence-corrected chi connectivity index (χ0v) is 10.6. The van der Waals surface area contributed by atoms with Crippen LogP contribution in [0.3, 0.4) is 0 Å². The molecule has 2 rings (SSSR count). The summed E-state index contributed by atoms with van der Waals surface area (Å²) in [5, 5.41) is 0. The molecular formula is C16H20. The Morgan fingerprint density at radius 3 is 2.25 bits per heavy atom. The summed E-state index contributed by atoms with van der Waals surface area (Å²) in [4.78, 5) is 0. The standard InChI is InChI=1S/C16H20/c1-12-9-10-13(2)15(11-12)16(3,4)14-7-5-6-8-14/h5-11,14H,1-4H3. The van der Waals surface area contributed by atoms with Gasteiger partial charge in [-0.2, -0.15) is 0 Å². The van der Waals surface area contributed by atoms with Crippen LogP contribution in [-0.4, -0.2) is 0 Å². The highest BCUT2D eigenvalue weighted by molar-refractivity contribution is 5.39. The Hall–Kier alpha value is -1.30.